The van der Waals surface area contributed by atoms with Crippen molar-refractivity contribution in [3.05, 3.63) is 40.4 Å². The van der Waals surface area contributed by atoms with Crippen LogP contribution in [0.15, 0.2) is 29.3 Å². The van der Waals surface area contributed by atoms with Crippen molar-refractivity contribution in [3.8, 4) is 0 Å². The van der Waals surface area contributed by atoms with Crippen molar-refractivity contribution >= 4 is 23.1 Å². The number of H-pyrrole nitrogens is 1. The van der Waals surface area contributed by atoms with Crippen molar-refractivity contribution in [2.24, 2.45) is 0 Å². The summed E-state index contributed by atoms with van der Waals surface area (Å²) in [7, 11) is 0. The second-order valence-electron chi connectivity index (χ2n) is 6.37. The van der Waals surface area contributed by atoms with Gasteiger partial charge in [0.05, 0.1) is 6.61 Å². The largest absolute Gasteiger partial charge is 0.394 e. The summed E-state index contributed by atoms with van der Waals surface area (Å²) in [5.74, 6) is 0.0431. The van der Waals surface area contributed by atoms with Crippen LogP contribution in [0, 0.1) is 0 Å². The van der Waals surface area contributed by atoms with Crippen LogP contribution in [0.3, 0.4) is 0 Å². The first-order valence-corrected chi connectivity index (χ1v) is 8.52. The molecular formula is C16H19N7O5. The fraction of sp³-hybridized carbons (Fsp3) is 0.375. The van der Waals surface area contributed by atoms with E-state index in [0.29, 0.717) is 6.54 Å². The molecule has 0 radical (unpaired) electrons. The van der Waals surface area contributed by atoms with Gasteiger partial charge in [0, 0.05) is 18.9 Å². The average molecular weight is 389 g/mol. The normalized spacial score (nSPS) is 24.7. The Morgan fingerprint density at radius 2 is 2.14 bits per heavy atom. The standard InChI is InChI=1S/C16H19N7O5/c17-15-21-12-9(13(27)22-15)20-16(19-5-7-2-1-3-18-4-7)23(12)14-11(26)10(25)8(6-24)28-14/h1-4,8,10-11,14,24-26H,5-6H2,(H,19,20)(H3,17,21,22,27)/t8-,10-,11-,14-/m1/s1. The second kappa shape index (κ2) is 7.16. The number of nitrogens with two attached hydrogens (primary N) is 1. The lowest BCUT2D eigenvalue weighted by atomic mass is 10.1. The molecule has 0 spiro atoms. The van der Waals surface area contributed by atoms with Crippen molar-refractivity contribution in [1.29, 1.82) is 0 Å². The van der Waals surface area contributed by atoms with E-state index in [1.54, 1.807) is 18.5 Å². The molecule has 0 bridgehead atoms. The van der Waals surface area contributed by atoms with Gasteiger partial charge in [0.25, 0.3) is 5.56 Å². The predicted octanol–water partition coefficient (Wildman–Crippen LogP) is -1.68. The van der Waals surface area contributed by atoms with Crippen LogP contribution in [0.25, 0.3) is 11.2 Å². The number of aromatic nitrogens is 5. The fourth-order valence-corrected chi connectivity index (χ4v) is 3.14. The minimum Gasteiger partial charge on any atom is -0.394 e. The maximum atomic E-state index is 12.2. The second-order valence-corrected chi connectivity index (χ2v) is 6.37. The van der Waals surface area contributed by atoms with Crippen LogP contribution in [-0.2, 0) is 11.3 Å². The molecule has 0 aromatic carbocycles. The molecule has 1 aliphatic rings. The highest BCUT2D eigenvalue weighted by Gasteiger charge is 2.45. The highest BCUT2D eigenvalue weighted by Crippen LogP contribution is 2.34. The third kappa shape index (κ3) is 3.07. The van der Waals surface area contributed by atoms with Crippen LogP contribution in [0.1, 0.15) is 11.8 Å². The maximum absolute atomic E-state index is 12.2. The smallest absolute Gasteiger partial charge is 0.280 e. The lowest BCUT2D eigenvalue weighted by molar-refractivity contribution is -0.0501. The Morgan fingerprint density at radius 1 is 1.32 bits per heavy atom. The zero-order valence-electron chi connectivity index (χ0n) is 14.6. The number of nitrogens with zero attached hydrogens (tertiary/aromatic N) is 4. The summed E-state index contributed by atoms with van der Waals surface area (Å²) >= 11 is 0. The Hall–Kier alpha value is -3.06. The summed E-state index contributed by atoms with van der Waals surface area (Å²) < 4.78 is 6.94. The quantitative estimate of drug-likeness (QED) is 0.294. The monoisotopic (exact) mass is 389 g/mol. The van der Waals surface area contributed by atoms with Crippen molar-refractivity contribution in [2.45, 2.75) is 31.1 Å². The number of ether oxygens (including phenoxy) is 1. The van der Waals surface area contributed by atoms with E-state index in [0.717, 1.165) is 5.56 Å². The summed E-state index contributed by atoms with van der Waals surface area (Å²) in [6, 6.07) is 3.63. The minimum absolute atomic E-state index is 0.0133. The zero-order chi connectivity index (χ0) is 19.8. The van der Waals surface area contributed by atoms with E-state index in [2.05, 4.69) is 25.3 Å². The summed E-state index contributed by atoms with van der Waals surface area (Å²) in [5, 5.41) is 32.9. The lowest BCUT2D eigenvalue weighted by Gasteiger charge is -2.19. The summed E-state index contributed by atoms with van der Waals surface area (Å²) in [6.07, 6.45) is -1.53. The van der Waals surface area contributed by atoms with E-state index >= 15 is 0 Å². The van der Waals surface area contributed by atoms with Gasteiger partial charge in [-0.1, -0.05) is 6.07 Å². The molecule has 0 amide bonds. The number of imidazole rings is 1. The van der Waals surface area contributed by atoms with Crippen molar-refractivity contribution in [2.75, 3.05) is 17.7 Å². The van der Waals surface area contributed by atoms with Gasteiger partial charge in [-0.15, -0.1) is 0 Å². The number of fused-ring (bicyclic) bond motifs is 1. The molecule has 7 N–H and O–H groups in total. The molecule has 0 unspecified atom stereocenters. The van der Waals surface area contributed by atoms with E-state index < -0.39 is 36.7 Å². The van der Waals surface area contributed by atoms with Crippen molar-refractivity contribution < 1.29 is 20.1 Å². The highest BCUT2D eigenvalue weighted by molar-refractivity contribution is 5.74. The highest BCUT2D eigenvalue weighted by atomic mass is 16.6. The number of nitrogen functional groups attached to an aromatic ring is 1. The first kappa shape index (κ1) is 18.3. The molecule has 12 nitrogen and oxygen atoms in total. The summed E-state index contributed by atoms with van der Waals surface area (Å²) in [6.45, 7) is -0.171. The summed E-state index contributed by atoms with van der Waals surface area (Å²) in [5.41, 5.74) is 6.01. The number of nitrogens with one attached hydrogen (secondary N) is 2. The summed E-state index contributed by atoms with van der Waals surface area (Å²) in [4.78, 5) is 27.0. The van der Waals surface area contributed by atoms with E-state index in [9.17, 15) is 20.1 Å². The van der Waals surface area contributed by atoms with Gasteiger partial charge >= 0.3 is 0 Å². The molecule has 1 saturated heterocycles. The van der Waals surface area contributed by atoms with Gasteiger partial charge in [-0.05, 0) is 11.6 Å². The van der Waals surface area contributed by atoms with Crippen LogP contribution in [-0.4, -0.2) is 64.7 Å². The lowest BCUT2D eigenvalue weighted by Crippen LogP contribution is -2.33. The zero-order valence-corrected chi connectivity index (χ0v) is 14.6. The van der Waals surface area contributed by atoms with Crippen LogP contribution < -0.4 is 16.6 Å². The van der Waals surface area contributed by atoms with Crippen molar-refractivity contribution in [3.63, 3.8) is 0 Å². The molecule has 1 aliphatic heterocycles. The number of hydrogen-bond acceptors (Lipinski definition) is 10. The van der Waals surface area contributed by atoms with E-state index in [1.165, 1.54) is 4.57 Å². The molecule has 4 heterocycles. The fourth-order valence-electron chi connectivity index (χ4n) is 3.14. The molecule has 12 heteroatoms. The molecule has 28 heavy (non-hydrogen) atoms. The van der Waals surface area contributed by atoms with Crippen LogP contribution in [0.4, 0.5) is 11.9 Å². The molecular weight excluding hydrogens is 370 g/mol. The SMILES string of the molecule is Nc1nc2c(nc(NCc3cccnc3)n2[C@@H]2O[C@H](CO)[C@@H](O)[C@H]2O)c(=O)[nH]1. The average Bonchev–Trinajstić information content (AvgIpc) is 3.18. The number of aliphatic hydroxyl groups is 3. The molecule has 148 valence electrons. The van der Waals surface area contributed by atoms with Crippen molar-refractivity contribution in [1.82, 2.24) is 24.5 Å². The third-order valence-electron chi connectivity index (χ3n) is 4.51. The molecule has 0 aliphatic carbocycles. The molecule has 3 aromatic heterocycles. The van der Waals surface area contributed by atoms with Gasteiger partial charge in [0.2, 0.25) is 11.9 Å². The Bertz CT molecular complexity index is 1040. The molecule has 0 saturated carbocycles. The number of aliphatic hydroxyl groups excluding tert-OH is 3. The Morgan fingerprint density at radius 3 is 2.82 bits per heavy atom. The predicted molar refractivity (Wildman–Crippen MR) is 97.1 cm³/mol. The molecule has 1 fully saturated rings. The van der Waals surface area contributed by atoms with Gasteiger partial charge in [-0.25, -0.2) is 4.98 Å². The third-order valence-corrected chi connectivity index (χ3v) is 4.51. The van der Waals surface area contributed by atoms with E-state index in [4.69, 9.17) is 10.5 Å². The first-order valence-electron chi connectivity index (χ1n) is 8.52. The molecule has 4 atom stereocenters. The Labute approximate surface area is 157 Å². The number of aromatic amines is 1. The van der Waals surface area contributed by atoms with E-state index in [-0.39, 0.29) is 23.1 Å². The Balaban J connectivity index is 1.79. The van der Waals surface area contributed by atoms with Crippen LogP contribution >= 0.6 is 0 Å². The Kier molecular flexibility index (Phi) is 4.68. The minimum atomic E-state index is -1.38. The van der Waals surface area contributed by atoms with Gasteiger partial charge in [-0.3, -0.25) is 19.3 Å². The number of anilines is 2. The van der Waals surface area contributed by atoms with E-state index in [1.807, 2.05) is 6.07 Å². The van der Waals surface area contributed by atoms with Gasteiger partial charge in [-0.2, -0.15) is 4.98 Å². The number of rotatable bonds is 5. The molecule has 4 rings (SSSR count). The topological polar surface area (TPSA) is 184 Å². The van der Waals surface area contributed by atoms with Crippen LogP contribution in [0.2, 0.25) is 0 Å². The maximum Gasteiger partial charge on any atom is 0.280 e. The van der Waals surface area contributed by atoms with Gasteiger partial charge in [0.15, 0.2) is 17.4 Å². The molecule has 3 aromatic rings. The van der Waals surface area contributed by atoms with Gasteiger partial charge in [0.1, 0.15) is 18.3 Å². The first-order chi connectivity index (χ1) is 13.5. The van der Waals surface area contributed by atoms with Gasteiger partial charge < -0.3 is 31.1 Å². The number of hydrogen-bond donors (Lipinski definition) is 6. The van der Waals surface area contributed by atoms with Crippen LogP contribution in [0.5, 0.6) is 0 Å². The number of pyridine rings is 1.